The van der Waals surface area contributed by atoms with Crippen LogP contribution in [0.3, 0.4) is 0 Å². The highest BCUT2D eigenvalue weighted by atomic mass is 32.2. The van der Waals surface area contributed by atoms with E-state index in [1.165, 1.54) is 17.9 Å². The Labute approximate surface area is 125 Å². The first-order valence-corrected chi connectivity index (χ1v) is 8.19. The average Bonchev–Trinajstić information content (AvgIpc) is 2.77. The van der Waals surface area contributed by atoms with E-state index < -0.39 is 0 Å². The predicted octanol–water partition coefficient (Wildman–Crippen LogP) is 2.14. The van der Waals surface area contributed by atoms with Gasteiger partial charge in [0, 0.05) is 30.5 Å². The molecule has 1 unspecified atom stereocenters. The number of hydrogen-bond donors (Lipinski definition) is 1. The summed E-state index contributed by atoms with van der Waals surface area (Å²) in [5.41, 5.74) is 7.20. The zero-order valence-electron chi connectivity index (χ0n) is 12.3. The van der Waals surface area contributed by atoms with Crippen LogP contribution in [0.5, 0.6) is 11.5 Å². The summed E-state index contributed by atoms with van der Waals surface area (Å²) in [6, 6.07) is 6.21. The minimum absolute atomic E-state index is 0.217. The molecule has 0 amide bonds. The second kappa shape index (κ2) is 7.76. The molecule has 1 heterocycles. The molecule has 2 rings (SSSR count). The molecule has 5 heteroatoms. The molecule has 0 radical (unpaired) electrons. The van der Waals surface area contributed by atoms with Gasteiger partial charge in [-0.2, -0.15) is 11.8 Å². The number of benzene rings is 1. The van der Waals surface area contributed by atoms with Gasteiger partial charge in [0.25, 0.3) is 0 Å². The second-order valence-corrected chi connectivity index (χ2v) is 6.09. The Morgan fingerprint density at radius 1 is 1.25 bits per heavy atom. The SMILES string of the molecule is COc1ccc(C(CN)N2CCCSCC2)c(OC)c1. The monoisotopic (exact) mass is 296 g/mol. The smallest absolute Gasteiger partial charge is 0.127 e. The zero-order valence-corrected chi connectivity index (χ0v) is 13.1. The van der Waals surface area contributed by atoms with E-state index in [0.29, 0.717) is 6.54 Å². The Hall–Kier alpha value is -0.910. The van der Waals surface area contributed by atoms with Crippen LogP contribution < -0.4 is 15.2 Å². The standard InChI is InChI=1S/C15H24N2O2S/c1-18-12-4-5-13(15(10-12)19-2)14(11-16)17-6-3-8-20-9-7-17/h4-5,10,14H,3,6-9,11,16H2,1-2H3. The van der Waals surface area contributed by atoms with Gasteiger partial charge in [-0.05, 0) is 24.8 Å². The normalized spacial score (nSPS) is 18.4. The topological polar surface area (TPSA) is 47.7 Å². The van der Waals surface area contributed by atoms with Crippen molar-refractivity contribution in [1.29, 1.82) is 0 Å². The highest BCUT2D eigenvalue weighted by molar-refractivity contribution is 7.99. The van der Waals surface area contributed by atoms with Crippen LogP contribution in [0.25, 0.3) is 0 Å². The van der Waals surface area contributed by atoms with Crippen LogP contribution in [0.15, 0.2) is 18.2 Å². The summed E-state index contributed by atoms with van der Waals surface area (Å²) in [5, 5.41) is 0. The number of hydrogen-bond acceptors (Lipinski definition) is 5. The fraction of sp³-hybridized carbons (Fsp3) is 0.600. The molecule has 1 saturated heterocycles. The maximum Gasteiger partial charge on any atom is 0.127 e. The molecule has 1 aliphatic heterocycles. The summed E-state index contributed by atoms with van der Waals surface area (Å²) < 4.78 is 10.8. The van der Waals surface area contributed by atoms with Crippen LogP contribution in [0.2, 0.25) is 0 Å². The molecule has 0 aromatic heterocycles. The summed E-state index contributed by atoms with van der Waals surface area (Å²) in [4.78, 5) is 2.48. The molecule has 1 aromatic rings. The largest absolute Gasteiger partial charge is 0.497 e. The molecule has 20 heavy (non-hydrogen) atoms. The summed E-state index contributed by atoms with van der Waals surface area (Å²) in [6.45, 7) is 2.79. The van der Waals surface area contributed by atoms with Crippen LogP contribution in [0.1, 0.15) is 18.0 Å². The van der Waals surface area contributed by atoms with Crippen molar-refractivity contribution in [3.8, 4) is 11.5 Å². The summed E-state index contributed by atoms with van der Waals surface area (Å²) in [5.74, 6) is 4.09. The Bertz CT molecular complexity index is 420. The van der Waals surface area contributed by atoms with Crippen molar-refractivity contribution < 1.29 is 9.47 Å². The lowest BCUT2D eigenvalue weighted by Crippen LogP contribution is -2.35. The van der Waals surface area contributed by atoms with Gasteiger partial charge in [0.1, 0.15) is 11.5 Å². The van der Waals surface area contributed by atoms with Crippen LogP contribution in [-0.2, 0) is 0 Å². The first-order chi connectivity index (χ1) is 9.80. The number of nitrogens with two attached hydrogens (primary N) is 1. The third kappa shape index (κ3) is 3.59. The average molecular weight is 296 g/mol. The quantitative estimate of drug-likeness (QED) is 0.902. The Morgan fingerprint density at radius 3 is 2.80 bits per heavy atom. The van der Waals surface area contributed by atoms with Crippen LogP contribution in [-0.4, -0.2) is 50.3 Å². The minimum atomic E-state index is 0.217. The van der Waals surface area contributed by atoms with Crippen molar-refractivity contribution in [2.24, 2.45) is 5.73 Å². The van der Waals surface area contributed by atoms with Gasteiger partial charge in [0.15, 0.2) is 0 Å². The van der Waals surface area contributed by atoms with Crippen molar-refractivity contribution in [2.75, 3.05) is 45.4 Å². The first-order valence-electron chi connectivity index (χ1n) is 7.04. The lowest BCUT2D eigenvalue weighted by Gasteiger charge is -2.30. The minimum Gasteiger partial charge on any atom is -0.497 e. The van der Waals surface area contributed by atoms with Gasteiger partial charge in [-0.1, -0.05) is 6.07 Å². The van der Waals surface area contributed by atoms with Crippen molar-refractivity contribution in [3.05, 3.63) is 23.8 Å². The van der Waals surface area contributed by atoms with Gasteiger partial charge in [0.05, 0.1) is 20.3 Å². The van der Waals surface area contributed by atoms with Gasteiger partial charge in [-0.25, -0.2) is 0 Å². The lowest BCUT2D eigenvalue weighted by atomic mass is 10.0. The molecule has 0 bridgehead atoms. The zero-order chi connectivity index (χ0) is 14.4. The van der Waals surface area contributed by atoms with E-state index in [0.717, 1.165) is 30.2 Å². The second-order valence-electron chi connectivity index (χ2n) is 4.86. The van der Waals surface area contributed by atoms with E-state index in [1.807, 2.05) is 23.9 Å². The predicted molar refractivity (Wildman–Crippen MR) is 84.9 cm³/mol. The molecule has 0 saturated carbocycles. The van der Waals surface area contributed by atoms with E-state index in [9.17, 15) is 0 Å². The Balaban J connectivity index is 2.25. The van der Waals surface area contributed by atoms with Crippen LogP contribution >= 0.6 is 11.8 Å². The third-order valence-corrected chi connectivity index (χ3v) is 4.77. The fourth-order valence-corrected chi connectivity index (χ4v) is 3.54. The van der Waals surface area contributed by atoms with E-state index in [1.54, 1.807) is 14.2 Å². The molecule has 1 fully saturated rings. The molecular weight excluding hydrogens is 272 g/mol. The fourth-order valence-electron chi connectivity index (χ4n) is 2.64. The maximum atomic E-state index is 6.05. The van der Waals surface area contributed by atoms with E-state index in [-0.39, 0.29) is 6.04 Å². The number of ether oxygens (including phenoxy) is 2. The summed E-state index contributed by atoms with van der Waals surface area (Å²) in [7, 11) is 3.37. The molecule has 112 valence electrons. The van der Waals surface area contributed by atoms with Gasteiger partial charge >= 0.3 is 0 Å². The van der Waals surface area contributed by atoms with Gasteiger partial charge < -0.3 is 15.2 Å². The van der Waals surface area contributed by atoms with Gasteiger partial charge in [-0.15, -0.1) is 0 Å². The van der Waals surface area contributed by atoms with E-state index >= 15 is 0 Å². The van der Waals surface area contributed by atoms with Crippen molar-refractivity contribution in [3.63, 3.8) is 0 Å². The number of methoxy groups -OCH3 is 2. The van der Waals surface area contributed by atoms with E-state index in [4.69, 9.17) is 15.2 Å². The molecule has 0 aliphatic carbocycles. The van der Waals surface area contributed by atoms with Gasteiger partial charge in [-0.3, -0.25) is 4.90 Å². The number of rotatable bonds is 5. The summed E-state index contributed by atoms with van der Waals surface area (Å²) in [6.07, 6.45) is 1.22. The van der Waals surface area contributed by atoms with Crippen molar-refractivity contribution >= 4 is 11.8 Å². The molecule has 0 spiro atoms. The van der Waals surface area contributed by atoms with Crippen molar-refractivity contribution in [2.45, 2.75) is 12.5 Å². The summed E-state index contributed by atoms with van der Waals surface area (Å²) >= 11 is 2.02. The molecule has 4 nitrogen and oxygen atoms in total. The molecule has 1 aromatic carbocycles. The first kappa shape index (κ1) is 15.5. The Kier molecular flexibility index (Phi) is 6.01. The molecular formula is C15H24N2O2S. The van der Waals surface area contributed by atoms with E-state index in [2.05, 4.69) is 11.0 Å². The number of thioether (sulfide) groups is 1. The lowest BCUT2D eigenvalue weighted by molar-refractivity contribution is 0.213. The van der Waals surface area contributed by atoms with Crippen LogP contribution in [0.4, 0.5) is 0 Å². The highest BCUT2D eigenvalue weighted by Crippen LogP contribution is 2.33. The highest BCUT2D eigenvalue weighted by Gasteiger charge is 2.23. The maximum absolute atomic E-state index is 6.05. The third-order valence-electron chi connectivity index (χ3n) is 3.72. The van der Waals surface area contributed by atoms with Crippen LogP contribution in [0, 0.1) is 0 Å². The number of nitrogens with zero attached hydrogens (tertiary/aromatic N) is 1. The van der Waals surface area contributed by atoms with Gasteiger partial charge in [0.2, 0.25) is 0 Å². The Morgan fingerprint density at radius 2 is 2.10 bits per heavy atom. The molecule has 1 aliphatic rings. The van der Waals surface area contributed by atoms with Crippen molar-refractivity contribution in [1.82, 2.24) is 4.90 Å². The molecule has 1 atom stereocenters. The molecule has 2 N–H and O–H groups in total.